The molecule has 0 radical (unpaired) electrons. The lowest BCUT2D eigenvalue weighted by atomic mass is 9.90. The van der Waals surface area contributed by atoms with Crippen LogP contribution in [0.2, 0.25) is 0 Å². The fourth-order valence-corrected chi connectivity index (χ4v) is 6.36. The highest BCUT2D eigenvalue weighted by molar-refractivity contribution is 5.92. The third-order valence-electron chi connectivity index (χ3n) is 8.70. The number of piperidine rings is 1. The van der Waals surface area contributed by atoms with E-state index >= 15 is 0 Å². The highest BCUT2D eigenvalue weighted by Gasteiger charge is 2.40. The van der Waals surface area contributed by atoms with Gasteiger partial charge in [-0.05, 0) is 49.6 Å². The van der Waals surface area contributed by atoms with Gasteiger partial charge in [0.2, 0.25) is 17.7 Å². The van der Waals surface area contributed by atoms with Crippen LogP contribution in [-0.2, 0) is 14.3 Å². The molecule has 5 rings (SSSR count). The van der Waals surface area contributed by atoms with Crippen molar-refractivity contribution in [1.82, 2.24) is 25.0 Å². The molecule has 1 aromatic heterocycles. The minimum atomic E-state index is -0.252. The fourth-order valence-electron chi connectivity index (χ4n) is 6.36. The molecular formula is C33H53N5O5. The Labute approximate surface area is 257 Å². The number of amides is 3. The zero-order valence-corrected chi connectivity index (χ0v) is 26.8. The molecule has 1 aromatic rings. The number of hydrogen-bond donors (Lipinski definition) is 1. The molecule has 2 fully saturated rings. The largest absolute Gasteiger partial charge is 0.475 e. The van der Waals surface area contributed by atoms with Crippen molar-refractivity contribution in [2.24, 2.45) is 11.3 Å². The Morgan fingerprint density at radius 3 is 2.56 bits per heavy atom. The summed E-state index contributed by atoms with van der Waals surface area (Å²) in [7, 11) is 0. The SMILES string of the molecule is CCCCCCN1C[C@H]2C[C@H]1C(=O)N1CCC(CC1)CN(C(=O)CC(C)(C)C)CCOCCOc1cccc(n1)C(=O)N2. The van der Waals surface area contributed by atoms with Crippen molar-refractivity contribution in [1.29, 1.82) is 0 Å². The molecule has 5 heterocycles. The quantitative estimate of drug-likeness (QED) is 0.392. The normalized spacial score (nSPS) is 24.8. The molecule has 0 aliphatic carbocycles. The van der Waals surface area contributed by atoms with Gasteiger partial charge in [-0.2, -0.15) is 0 Å². The smallest absolute Gasteiger partial charge is 0.270 e. The summed E-state index contributed by atoms with van der Waals surface area (Å²) in [6.07, 6.45) is 7.38. The highest BCUT2D eigenvalue weighted by atomic mass is 16.5. The number of nitrogens with one attached hydrogen (secondary N) is 1. The second-order valence-corrected chi connectivity index (χ2v) is 13.6. The first-order valence-corrected chi connectivity index (χ1v) is 16.4. The van der Waals surface area contributed by atoms with Crippen molar-refractivity contribution < 1.29 is 23.9 Å². The minimum Gasteiger partial charge on any atom is -0.475 e. The van der Waals surface area contributed by atoms with Gasteiger partial charge in [-0.25, -0.2) is 4.98 Å². The standard InChI is InChI=1S/C33H53N5O5/c1-5-6-7-8-14-37-24-26-21-28(37)32(41)36-15-12-25(13-16-36)23-38(30(39)22-33(2,3)4)17-18-42-19-20-43-29-11-9-10-27(35-29)31(40)34-26/h9-11,25-26,28H,5-8,12-24H2,1-4H3,(H,34,40)/t26-,28+/m1/s1. The number of hydrogen-bond acceptors (Lipinski definition) is 7. The second kappa shape index (κ2) is 15.8. The lowest BCUT2D eigenvalue weighted by Gasteiger charge is -2.37. The summed E-state index contributed by atoms with van der Waals surface area (Å²) in [6, 6.07) is 4.81. The number of likely N-dealkylation sites (tertiary alicyclic amines) is 1. The number of pyridine rings is 1. The molecule has 0 spiro atoms. The summed E-state index contributed by atoms with van der Waals surface area (Å²) in [4.78, 5) is 51.0. The van der Waals surface area contributed by atoms with Crippen molar-refractivity contribution in [2.45, 2.75) is 91.1 Å². The van der Waals surface area contributed by atoms with Gasteiger partial charge in [-0.15, -0.1) is 0 Å². The number of carbonyl (C=O) groups is 3. The summed E-state index contributed by atoms with van der Waals surface area (Å²) in [5.74, 6) is 0.781. The maximum atomic E-state index is 13.9. The molecule has 4 aliphatic heterocycles. The van der Waals surface area contributed by atoms with E-state index in [9.17, 15) is 14.4 Å². The van der Waals surface area contributed by atoms with Crippen molar-refractivity contribution in [3.05, 3.63) is 23.9 Å². The molecule has 2 saturated heterocycles. The van der Waals surface area contributed by atoms with E-state index in [4.69, 9.17) is 9.47 Å². The zero-order chi connectivity index (χ0) is 30.8. The summed E-state index contributed by atoms with van der Waals surface area (Å²) >= 11 is 0. The first-order valence-electron chi connectivity index (χ1n) is 16.4. The van der Waals surface area contributed by atoms with Crippen LogP contribution in [0.1, 0.15) is 89.5 Å². The molecule has 0 unspecified atom stereocenters. The Morgan fingerprint density at radius 1 is 1.02 bits per heavy atom. The minimum absolute atomic E-state index is 0.0944. The molecule has 10 heteroatoms. The van der Waals surface area contributed by atoms with Gasteiger partial charge in [0.05, 0.1) is 19.3 Å². The zero-order valence-electron chi connectivity index (χ0n) is 26.8. The predicted molar refractivity (Wildman–Crippen MR) is 166 cm³/mol. The van der Waals surface area contributed by atoms with Crippen LogP contribution in [0.5, 0.6) is 5.88 Å². The Kier molecular flexibility index (Phi) is 12.2. The Hall–Kier alpha value is -2.72. The van der Waals surface area contributed by atoms with E-state index in [0.29, 0.717) is 82.9 Å². The van der Waals surface area contributed by atoms with Gasteiger partial charge in [0.25, 0.3) is 5.91 Å². The number of nitrogens with zero attached hydrogens (tertiary/aromatic N) is 4. The molecule has 1 N–H and O–H groups in total. The maximum Gasteiger partial charge on any atom is 0.270 e. The average Bonchev–Trinajstić information content (AvgIpc) is 3.37. The predicted octanol–water partition coefficient (Wildman–Crippen LogP) is 3.75. The van der Waals surface area contributed by atoms with Crippen LogP contribution in [0, 0.1) is 11.3 Å². The van der Waals surface area contributed by atoms with E-state index < -0.39 is 0 Å². The van der Waals surface area contributed by atoms with Gasteiger partial charge < -0.3 is 24.6 Å². The molecule has 6 bridgehead atoms. The molecule has 2 atom stereocenters. The lowest BCUT2D eigenvalue weighted by Crippen LogP contribution is -2.50. The van der Waals surface area contributed by atoms with Gasteiger partial charge >= 0.3 is 0 Å². The first kappa shape index (κ1) is 33.2. The van der Waals surface area contributed by atoms with Crippen molar-refractivity contribution in [3.63, 3.8) is 0 Å². The Morgan fingerprint density at radius 2 is 1.81 bits per heavy atom. The third kappa shape index (κ3) is 10.2. The molecule has 0 saturated carbocycles. The first-order chi connectivity index (χ1) is 20.6. The van der Waals surface area contributed by atoms with Crippen molar-refractivity contribution in [3.8, 4) is 5.88 Å². The molecule has 240 valence electrons. The summed E-state index contributed by atoms with van der Waals surface area (Å²) in [5, 5.41) is 3.14. The van der Waals surface area contributed by atoms with Crippen LogP contribution in [-0.4, -0.2) is 109 Å². The number of ether oxygens (including phenoxy) is 2. The Balaban J connectivity index is 1.49. The van der Waals surface area contributed by atoms with E-state index in [1.165, 1.54) is 6.42 Å². The molecule has 43 heavy (non-hydrogen) atoms. The van der Waals surface area contributed by atoms with E-state index in [0.717, 1.165) is 38.6 Å². The van der Waals surface area contributed by atoms with Crippen LogP contribution in [0.3, 0.4) is 0 Å². The van der Waals surface area contributed by atoms with E-state index in [1.54, 1.807) is 18.2 Å². The highest BCUT2D eigenvalue weighted by Crippen LogP contribution is 2.26. The molecule has 10 nitrogen and oxygen atoms in total. The third-order valence-corrected chi connectivity index (χ3v) is 8.70. The monoisotopic (exact) mass is 599 g/mol. The van der Waals surface area contributed by atoms with E-state index in [2.05, 4.69) is 42.9 Å². The molecular weight excluding hydrogens is 546 g/mol. The maximum absolute atomic E-state index is 13.9. The van der Waals surface area contributed by atoms with Gasteiger partial charge in [0, 0.05) is 51.3 Å². The van der Waals surface area contributed by atoms with Gasteiger partial charge in [0.15, 0.2) is 0 Å². The summed E-state index contributed by atoms with van der Waals surface area (Å²) in [5.41, 5.74) is 0.201. The number of carbonyl (C=O) groups excluding carboxylic acids is 3. The number of unbranched alkanes of at least 4 members (excludes halogenated alkanes) is 3. The van der Waals surface area contributed by atoms with Gasteiger partial charge in [0.1, 0.15) is 12.3 Å². The van der Waals surface area contributed by atoms with E-state index in [1.807, 2.05) is 9.80 Å². The Bertz CT molecular complexity index is 1070. The van der Waals surface area contributed by atoms with Crippen molar-refractivity contribution in [2.75, 3.05) is 59.1 Å². The number of aromatic nitrogens is 1. The molecule has 3 amide bonds. The number of rotatable bonds is 6. The number of fused-ring (bicyclic) bond motifs is 10. The van der Waals surface area contributed by atoms with Gasteiger partial charge in [-0.1, -0.05) is 53.0 Å². The van der Waals surface area contributed by atoms with Gasteiger partial charge in [-0.3, -0.25) is 19.3 Å². The molecule has 0 aromatic carbocycles. The van der Waals surface area contributed by atoms with Crippen LogP contribution in [0.4, 0.5) is 0 Å². The van der Waals surface area contributed by atoms with Crippen LogP contribution >= 0.6 is 0 Å². The van der Waals surface area contributed by atoms with Crippen LogP contribution in [0.25, 0.3) is 0 Å². The summed E-state index contributed by atoms with van der Waals surface area (Å²) in [6.45, 7) is 13.7. The van der Waals surface area contributed by atoms with Crippen LogP contribution in [0.15, 0.2) is 18.2 Å². The summed E-state index contributed by atoms with van der Waals surface area (Å²) < 4.78 is 11.6. The van der Waals surface area contributed by atoms with Crippen molar-refractivity contribution >= 4 is 17.7 Å². The lowest BCUT2D eigenvalue weighted by molar-refractivity contribution is -0.139. The second-order valence-electron chi connectivity index (χ2n) is 13.6. The van der Waals surface area contributed by atoms with E-state index in [-0.39, 0.29) is 35.2 Å². The fraction of sp³-hybridized carbons (Fsp3) is 0.758. The average molecular weight is 600 g/mol. The van der Waals surface area contributed by atoms with Crippen LogP contribution < -0.4 is 10.1 Å². The topological polar surface area (TPSA) is 104 Å². The molecule has 4 aliphatic rings.